The van der Waals surface area contributed by atoms with Crippen molar-refractivity contribution in [3.63, 3.8) is 0 Å². The maximum absolute atomic E-state index is 10.0. The molecular formula is C20H16O. The number of carbonyl (C=O) groups excluding carboxylic acids is 1. The van der Waals surface area contributed by atoms with Gasteiger partial charge in [0.15, 0.2) is 0 Å². The van der Waals surface area contributed by atoms with Crippen LogP contribution in [0.2, 0.25) is 0 Å². The fourth-order valence-corrected chi connectivity index (χ4v) is 2.61. The van der Waals surface area contributed by atoms with Crippen molar-refractivity contribution in [3.8, 4) is 11.1 Å². The molecule has 102 valence electrons. The number of fused-ring (bicyclic) bond motifs is 3. The van der Waals surface area contributed by atoms with Gasteiger partial charge in [-0.25, -0.2) is 0 Å². The normalized spacial score (nSPS) is 10.9. The first-order valence-corrected chi connectivity index (χ1v) is 7.05. The topological polar surface area (TPSA) is 17.1 Å². The Hall–Kier alpha value is -2.67. The summed E-state index contributed by atoms with van der Waals surface area (Å²) in [5.41, 5.74) is 6.48. The molecule has 0 fully saturated rings. The molecule has 0 saturated heterocycles. The van der Waals surface area contributed by atoms with E-state index in [4.69, 9.17) is 0 Å². The highest BCUT2D eigenvalue weighted by Gasteiger charge is 2.15. The first-order valence-electron chi connectivity index (χ1n) is 7.05. The van der Waals surface area contributed by atoms with Gasteiger partial charge >= 0.3 is 0 Å². The summed E-state index contributed by atoms with van der Waals surface area (Å²) in [4.78, 5) is 10.0. The number of aldehydes is 1. The van der Waals surface area contributed by atoms with Crippen LogP contribution in [0.3, 0.4) is 0 Å². The third kappa shape index (κ3) is 2.92. The molecule has 0 heterocycles. The second-order valence-electron chi connectivity index (χ2n) is 5.02. The fourth-order valence-electron chi connectivity index (χ4n) is 2.61. The third-order valence-electron chi connectivity index (χ3n) is 3.64. The van der Waals surface area contributed by atoms with Gasteiger partial charge in [0, 0.05) is 5.56 Å². The minimum Gasteiger partial charge on any atom is -0.298 e. The van der Waals surface area contributed by atoms with E-state index in [1.165, 1.54) is 22.3 Å². The lowest BCUT2D eigenvalue weighted by Crippen LogP contribution is -1.77. The van der Waals surface area contributed by atoms with Crippen molar-refractivity contribution in [1.82, 2.24) is 0 Å². The van der Waals surface area contributed by atoms with Crippen LogP contribution in [0.5, 0.6) is 0 Å². The predicted octanol–water partition coefficient (Wildman–Crippen LogP) is 4.76. The summed E-state index contributed by atoms with van der Waals surface area (Å²) in [7, 11) is 0. The van der Waals surface area contributed by atoms with Gasteiger partial charge in [0.1, 0.15) is 6.29 Å². The standard InChI is InChI=1S/C13H10.C7H6O/c1-3-7-12-10(5-1)9-11-6-2-4-8-13(11)12;8-6-7-4-2-1-3-5-7/h1-8H,9H2;1-6H. The van der Waals surface area contributed by atoms with Gasteiger partial charge in [-0.1, -0.05) is 78.9 Å². The zero-order chi connectivity index (χ0) is 14.5. The van der Waals surface area contributed by atoms with Crippen molar-refractivity contribution in [2.24, 2.45) is 0 Å². The highest BCUT2D eigenvalue weighted by atomic mass is 16.1. The van der Waals surface area contributed by atoms with E-state index in [9.17, 15) is 4.79 Å². The van der Waals surface area contributed by atoms with Crippen LogP contribution < -0.4 is 0 Å². The van der Waals surface area contributed by atoms with Gasteiger partial charge in [-0.15, -0.1) is 0 Å². The third-order valence-corrected chi connectivity index (χ3v) is 3.64. The zero-order valence-electron chi connectivity index (χ0n) is 11.7. The highest BCUT2D eigenvalue weighted by molar-refractivity contribution is 5.76. The maximum Gasteiger partial charge on any atom is 0.150 e. The van der Waals surface area contributed by atoms with Crippen molar-refractivity contribution in [2.45, 2.75) is 6.42 Å². The van der Waals surface area contributed by atoms with E-state index in [1.54, 1.807) is 12.1 Å². The monoisotopic (exact) mass is 272 g/mol. The summed E-state index contributed by atoms with van der Waals surface area (Å²) in [6, 6.07) is 26.4. The second-order valence-corrected chi connectivity index (χ2v) is 5.02. The molecule has 1 nitrogen and oxygen atoms in total. The summed E-state index contributed by atoms with van der Waals surface area (Å²) in [5, 5.41) is 0. The van der Waals surface area contributed by atoms with Crippen LogP contribution >= 0.6 is 0 Å². The highest BCUT2D eigenvalue weighted by Crippen LogP contribution is 2.35. The van der Waals surface area contributed by atoms with Crippen LogP contribution in [0.25, 0.3) is 11.1 Å². The molecule has 4 rings (SSSR count). The summed E-state index contributed by atoms with van der Waals surface area (Å²) >= 11 is 0. The Kier molecular flexibility index (Phi) is 3.92. The van der Waals surface area contributed by atoms with E-state index in [0.29, 0.717) is 0 Å². The zero-order valence-corrected chi connectivity index (χ0v) is 11.7. The maximum atomic E-state index is 10.0. The Labute approximate surface area is 124 Å². The molecule has 0 aromatic heterocycles. The Bertz CT molecular complexity index is 701. The molecule has 3 aromatic rings. The number of benzene rings is 3. The first-order chi connectivity index (χ1) is 10.4. The van der Waals surface area contributed by atoms with Crippen LogP contribution in [0, 0.1) is 0 Å². The van der Waals surface area contributed by atoms with Crippen molar-refractivity contribution < 1.29 is 4.79 Å². The average Bonchev–Trinajstić information content (AvgIpc) is 2.95. The van der Waals surface area contributed by atoms with E-state index < -0.39 is 0 Å². The summed E-state index contributed by atoms with van der Waals surface area (Å²) in [5.74, 6) is 0. The van der Waals surface area contributed by atoms with Crippen LogP contribution in [-0.2, 0) is 6.42 Å². The lowest BCUT2D eigenvalue weighted by atomic mass is 10.1. The SMILES string of the molecule is O=Cc1ccccc1.c1ccc2c(c1)Cc1ccccc1-2. The van der Waals surface area contributed by atoms with Crippen molar-refractivity contribution in [1.29, 1.82) is 0 Å². The lowest BCUT2D eigenvalue weighted by Gasteiger charge is -1.98. The van der Waals surface area contributed by atoms with Gasteiger partial charge in [0.2, 0.25) is 0 Å². The molecule has 0 aliphatic heterocycles. The van der Waals surface area contributed by atoms with E-state index in [-0.39, 0.29) is 0 Å². The molecule has 0 bridgehead atoms. The minimum absolute atomic E-state index is 0.729. The number of hydrogen-bond donors (Lipinski definition) is 0. The first kappa shape index (κ1) is 13.3. The largest absolute Gasteiger partial charge is 0.298 e. The molecule has 1 aliphatic carbocycles. The molecule has 0 unspecified atom stereocenters. The van der Waals surface area contributed by atoms with Gasteiger partial charge in [-0.05, 0) is 28.7 Å². The van der Waals surface area contributed by atoms with Crippen molar-refractivity contribution in [3.05, 3.63) is 95.6 Å². The van der Waals surface area contributed by atoms with Crippen molar-refractivity contribution >= 4 is 6.29 Å². The molecule has 0 atom stereocenters. The number of hydrogen-bond acceptors (Lipinski definition) is 1. The van der Waals surface area contributed by atoms with E-state index >= 15 is 0 Å². The van der Waals surface area contributed by atoms with Gasteiger partial charge < -0.3 is 0 Å². The minimum atomic E-state index is 0.729. The number of rotatable bonds is 1. The molecule has 0 spiro atoms. The molecule has 21 heavy (non-hydrogen) atoms. The van der Waals surface area contributed by atoms with E-state index in [1.807, 2.05) is 18.2 Å². The second kappa shape index (κ2) is 6.19. The number of carbonyl (C=O) groups is 1. The molecule has 0 saturated carbocycles. The Morgan fingerprint density at radius 1 is 0.619 bits per heavy atom. The predicted molar refractivity (Wildman–Crippen MR) is 86.5 cm³/mol. The van der Waals surface area contributed by atoms with E-state index in [0.717, 1.165) is 18.3 Å². The Morgan fingerprint density at radius 3 is 1.57 bits per heavy atom. The molecule has 1 heteroatoms. The van der Waals surface area contributed by atoms with Gasteiger partial charge in [0.25, 0.3) is 0 Å². The molecule has 1 aliphatic rings. The van der Waals surface area contributed by atoms with Crippen LogP contribution in [0.1, 0.15) is 21.5 Å². The molecule has 0 radical (unpaired) electrons. The Balaban J connectivity index is 0.000000143. The summed E-state index contributed by atoms with van der Waals surface area (Å²) < 4.78 is 0. The summed E-state index contributed by atoms with van der Waals surface area (Å²) in [6.45, 7) is 0. The smallest absolute Gasteiger partial charge is 0.150 e. The summed E-state index contributed by atoms with van der Waals surface area (Å²) in [6.07, 6.45) is 1.94. The lowest BCUT2D eigenvalue weighted by molar-refractivity contribution is 0.112. The fraction of sp³-hybridized carbons (Fsp3) is 0.0500. The van der Waals surface area contributed by atoms with Crippen molar-refractivity contribution in [2.75, 3.05) is 0 Å². The van der Waals surface area contributed by atoms with Crippen LogP contribution in [0.4, 0.5) is 0 Å². The molecule has 0 amide bonds. The van der Waals surface area contributed by atoms with Gasteiger partial charge in [0.05, 0.1) is 0 Å². The average molecular weight is 272 g/mol. The molecule has 0 N–H and O–H groups in total. The Morgan fingerprint density at radius 2 is 1.10 bits per heavy atom. The van der Waals surface area contributed by atoms with Gasteiger partial charge in [-0.3, -0.25) is 4.79 Å². The van der Waals surface area contributed by atoms with Gasteiger partial charge in [-0.2, -0.15) is 0 Å². The van der Waals surface area contributed by atoms with Crippen LogP contribution in [-0.4, -0.2) is 6.29 Å². The van der Waals surface area contributed by atoms with Crippen LogP contribution in [0.15, 0.2) is 78.9 Å². The molecule has 3 aromatic carbocycles. The quantitative estimate of drug-likeness (QED) is 0.457. The molecular weight excluding hydrogens is 256 g/mol. The van der Waals surface area contributed by atoms with E-state index in [2.05, 4.69) is 48.5 Å².